The summed E-state index contributed by atoms with van der Waals surface area (Å²) in [5, 5.41) is 3.13. The fourth-order valence-electron chi connectivity index (χ4n) is 3.60. The van der Waals surface area contributed by atoms with Crippen LogP contribution in [0, 0.1) is 5.41 Å². The summed E-state index contributed by atoms with van der Waals surface area (Å²) in [6, 6.07) is 14.0. The molecule has 0 spiro atoms. The Morgan fingerprint density at radius 1 is 1.03 bits per heavy atom. The van der Waals surface area contributed by atoms with Crippen molar-refractivity contribution in [3.8, 4) is 0 Å². The molecule has 172 valence electrons. The van der Waals surface area contributed by atoms with Crippen LogP contribution in [0.4, 0.5) is 19.0 Å². The Morgan fingerprint density at radius 2 is 1.74 bits per heavy atom. The normalized spacial score (nSPS) is 15.6. The van der Waals surface area contributed by atoms with Crippen molar-refractivity contribution in [1.82, 2.24) is 4.98 Å². The minimum Gasteiger partial charge on any atom is -0.381 e. The maximum absolute atomic E-state index is 12.9. The Hall–Kier alpha value is -2.12. The van der Waals surface area contributed by atoms with Crippen LogP contribution in [0.2, 0.25) is 0 Å². The Morgan fingerprint density at radius 3 is 2.42 bits per heavy atom. The number of halogens is 3. The van der Waals surface area contributed by atoms with E-state index in [1.54, 1.807) is 6.07 Å². The molecule has 1 N–H and O–H groups in total. The molecule has 1 aliphatic rings. The molecule has 2 heterocycles. The average Bonchev–Trinajstić information content (AvgIpc) is 2.80. The summed E-state index contributed by atoms with van der Waals surface area (Å²) < 4.78 is 49.9. The third kappa shape index (κ3) is 8.50. The number of nitrogens with one attached hydrogen (secondary N) is 1. The van der Waals surface area contributed by atoms with E-state index in [-0.39, 0.29) is 11.2 Å². The van der Waals surface area contributed by atoms with Gasteiger partial charge in [-0.1, -0.05) is 50.2 Å². The minimum absolute atomic E-state index is 0.0235. The summed E-state index contributed by atoms with van der Waals surface area (Å²) in [6.07, 6.45) is -0.874. The quantitative estimate of drug-likeness (QED) is 0.465. The van der Waals surface area contributed by atoms with Gasteiger partial charge in [0, 0.05) is 26.4 Å². The van der Waals surface area contributed by atoms with E-state index in [2.05, 4.69) is 10.3 Å². The molecule has 3 rings (SSSR count). The molecule has 0 amide bonds. The van der Waals surface area contributed by atoms with Crippen LogP contribution in [0.5, 0.6) is 0 Å². The van der Waals surface area contributed by atoms with Crippen LogP contribution in [0.25, 0.3) is 0 Å². The standard InChI is InChI=1S/C22H27F3N2O2.C2H6/c23-22(24,25)19-8-4-9-20(27-19)26-17-21(11-14-28-15-12-21)10-5-13-29-16-18-6-2-1-3-7-18;1-2/h1-4,6-9H,5,10-17H2,(H,26,27);1-2H3. The van der Waals surface area contributed by atoms with Crippen molar-refractivity contribution >= 4 is 5.82 Å². The first-order valence-corrected chi connectivity index (χ1v) is 10.9. The predicted molar refractivity (Wildman–Crippen MR) is 117 cm³/mol. The lowest BCUT2D eigenvalue weighted by molar-refractivity contribution is -0.141. The van der Waals surface area contributed by atoms with Crippen LogP contribution < -0.4 is 5.32 Å². The molecule has 1 aromatic heterocycles. The zero-order valence-electron chi connectivity index (χ0n) is 18.4. The monoisotopic (exact) mass is 438 g/mol. The zero-order chi connectivity index (χ0) is 22.6. The SMILES string of the molecule is CC.FC(F)(F)c1cccc(NCC2(CCCOCc3ccccc3)CCOCC2)n1. The molecule has 2 aromatic rings. The molecule has 1 aromatic carbocycles. The Balaban J connectivity index is 0.00000166. The van der Waals surface area contributed by atoms with Crippen LogP contribution in [-0.4, -0.2) is 31.3 Å². The van der Waals surface area contributed by atoms with Gasteiger partial charge in [-0.15, -0.1) is 0 Å². The molecule has 4 nitrogen and oxygen atoms in total. The van der Waals surface area contributed by atoms with Crippen LogP contribution in [-0.2, 0) is 22.3 Å². The molecule has 7 heteroatoms. The first-order chi connectivity index (χ1) is 15.0. The molecule has 1 fully saturated rings. The van der Waals surface area contributed by atoms with Crippen molar-refractivity contribution in [2.24, 2.45) is 5.41 Å². The highest BCUT2D eigenvalue weighted by atomic mass is 19.4. The summed E-state index contributed by atoms with van der Waals surface area (Å²) >= 11 is 0. The van der Waals surface area contributed by atoms with Crippen molar-refractivity contribution in [1.29, 1.82) is 0 Å². The second kappa shape index (κ2) is 12.7. The molecular weight excluding hydrogens is 405 g/mol. The van der Waals surface area contributed by atoms with Crippen LogP contribution in [0.3, 0.4) is 0 Å². The lowest BCUT2D eigenvalue weighted by atomic mass is 9.76. The molecule has 1 saturated heterocycles. The number of benzene rings is 1. The summed E-state index contributed by atoms with van der Waals surface area (Å²) in [5.41, 5.74) is 0.244. The molecule has 0 saturated carbocycles. The molecule has 0 unspecified atom stereocenters. The van der Waals surface area contributed by atoms with Crippen LogP contribution in [0.15, 0.2) is 48.5 Å². The lowest BCUT2D eigenvalue weighted by Crippen LogP contribution is -2.36. The van der Waals surface area contributed by atoms with Gasteiger partial charge in [0.15, 0.2) is 0 Å². The summed E-state index contributed by atoms with van der Waals surface area (Å²) in [5.74, 6) is 0.256. The van der Waals surface area contributed by atoms with Crippen molar-refractivity contribution < 1.29 is 22.6 Å². The lowest BCUT2D eigenvalue weighted by Gasteiger charge is -2.37. The molecule has 0 radical (unpaired) electrons. The highest BCUT2D eigenvalue weighted by molar-refractivity contribution is 5.36. The molecule has 0 atom stereocenters. The second-order valence-electron chi connectivity index (χ2n) is 7.51. The van der Waals surface area contributed by atoms with Crippen LogP contribution >= 0.6 is 0 Å². The molecule has 1 aliphatic heterocycles. The van der Waals surface area contributed by atoms with Gasteiger partial charge in [0.2, 0.25) is 0 Å². The van der Waals surface area contributed by atoms with Gasteiger partial charge in [0.25, 0.3) is 0 Å². The number of rotatable bonds is 9. The maximum Gasteiger partial charge on any atom is 0.433 e. The number of pyridine rings is 1. The highest BCUT2D eigenvalue weighted by Gasteiger charge is 2.34. The topological polar surface area (TPSA) is 43.4 Å². The van der Waals surface area contributed by atoms with Crippen molar-refractivity contribution in [3.05, 3.63) is 59.8 Å². The molecule has 0 aliphatic carbocycles. The number of anilines is 1. The van der Waals surface area contributed by atoms with Crippen molar-refractivity contribution in [2.45, 2.75) is 52.3 Å². The zero-order valence-corrected chi connectivity index (χ0v) is 18.4. The predicted octanol–water partition coefficient (Wildman–Crippen LogP) is 6.33. The summed E-state index contributed by atoms with van der Waals surface area (Å²) in [4.78, 5) is 3.71. The summed E-state index contributed by atoms with van der Waals surface area (Å²) in [7, 11) is 0. The summed E-state index contributed by atoms with van der Waals surface area (Å²) in [6.45, 7) is 7.15. The number of aromatic nitrogens is 1. The van der Waals surface area contributed by atoms with Crippen LogP contribution in [0.1, 0.15) is 50.8 Å². The second-order valence-corrected chi connectivity index (χ2v) is 7.51. The van der Waals surface area contributed by atoms with E-state index in [4.69, 9.17) is 9.47 Å². The third-order valence-electron chi connectivity index (χ3n) is 5.34. The third-order valence-corrected chi connectivity index (χ3v) is 5.34. The van der Waals surface area contributed by atoms with E-state index < -0.39 is 11.9 Å². The minimum atomic E-state index is -4.44. The molecule has 31 heavy (non-hydrogen) atoms. The van der Waals surface area contributed by atoms with E-state index >= 15 is 0 Å². The highest BCUT2D eigenvalue weighted by Crippen LogP contribution is 2.36. The van der Waals surface area contributed by atoms with E-state index in [1.165, 1.54) is 6.07 Å². The number of alkyl halides is 3. The van der Waals surface area contributed by atoms with Gasteiger partial charge >= 0.3 is 6.18 Å². The van der Waals surface area contributed by atoms with Gasteiger partial charge in [-0.3, -0.25) is 0 Å². The van der Waals surface area contributed by atoms with E-state index in [9.17, 15) is 13.2 Å². The fourth-order valence-corrected chi connectivity index (χ4v) is 3.60. The fraction of sp³-hybridized carbons (Fsp3) is 0.542. The van der Waals surface area contributed by atoms with Crippen molar-refractivity contribution in [3.63, 3.8) is 0 Å². The number of hydrogen-bond donors (Lipinski definition) is 1. The Labute approximate surface area is 183 Å². The maximum atomic E-state index is 12.9. The van der Waals surface area contributed by atoms with Gasteiger partial charge in [-0.2, -0.15) is 13.2 Å². The van der Waals surface area contributed by atoms with Gasteiger partial charge in [-0.25, -0.2) is 4.98 Å². The van der Waals surface area contributed by atoms with Gasteiger partial charge in [-0.05, 0) is 48.8 Å². The largest absolute Gasteiger partial charge is 0.433 e. The first-order valence-electron chi connectivity index (χ1n) is 10.9. The van der Waals surface area contributed by atoms with E-state index in [0.29, 0.717) is 33.0 Å². The number of ether oxygens (including phenoxy) is 2. The van der Waals surface area contributed by atoms with Crippen molar-refractivity contribution in [2.75, 3.05) is 31.7 Å². The number of nitrogens with zero attached hydrogens (tertiary/aromatic N) is 1. The Kier molecular flexibility index (Phi) is 10.3. The van der Waals surface area contributed by atoms with Gasteiger partial charge in [0.05, 0.1) is 6.61 Å². The smallest absolute Gasteiger partial charge is 0.381 e. The molecule has 0 bridgehead atoms. The first kappa shape index (κ1) is 25.1. The van der Waals surface area contributed by atoms with E-state index in [0.717, 1.165) is 37.3 Å². The van der Waals surface area contributed by atoms with E-state index in [1.807, 2.05) is 44.2 Å². The number of hydrogen-bond acceptors (Lipinski definition) is 4. The van der Waals surface area contributed by atoms with Gasteiger partial charge in [0.1, 0.15) is 11.5 Å². The Bertz CT molecular complexity index is 748. The molecular formula is C24H33F3N2O2. The van der Waals surface area contributed by atoms with Gasteiger partial charge < -0.3 is 14.8 Å². The average molecular weight is 439 g/mol.